The van der Waals surface area contributed by atoms with Crippen LogP contribution < -0.4 is 0 Å². The fourth-order valence-electron chi connectivity index (χ4n) is 2.41. The van der Waals surface area contributed by atoms with E-state index in [2.05, 4.69) is 17.1 Å². The van der Waals surface area contributed by atoms with Gasteiger partial charge in [0.1, 0.15) is 11.9 Å². The van der Waals surface area contributed by atoms with Crippen molar-refractivity contribution in [1.82, 2.24) is 19.7 Å². The smallest absolute Gasteiger partial charge is 0.245 e. The lowest BCUT2D eigenvalue weighted by Crippen LogP contribution is -2.42. The maximum Gasteiger partial charge on any atom is 0.245 e. The molecule has 1 aliphatic heterocycles. The van der Waals surface area contributed by atoms with E-state index in [4.69, 9.17) is 5.11 Å². The van der Waals surface area contributed by atoms with E-state index < -0.39 is 0 Å². The van der Waals surface area contributed by atoms with Crippen LogP contribution in [0.5, 0.6) is 0 Å². The molecule has 0 saturated carbocycles. The Morgan fingerprint density at radius 2 is 2.22 bits per heavy atom. The normalized spacial score (nSPS) is 19.2. The molecule has 0 spiro atoms. The average molecular weight is 252 g/mol. The van der Waals surface area contributed by atoms with Crippen molar-refractivity contribution in [3.8, 4) is 0 Å². The summed E-state index contributed by atoms with van der Waals surface area (Å²) in [5.41, 5.74) is 0. The summed E-state index contributed by atoms with van der Waals surface area (Å²) in [4.78, 5) is 14.0. The number of hydrogen-bond donors (Lipinski definition) is 1. The zero-order valence-electron chi connectivity index (χ0n) is 11.0. The highest BCUT2D eigenvalue weighted by Gasteiger charge is 2.32. The summed E-state index contributed by atoms with van der Waals surface area (Å²) in [6.45, 7) is 5.39. The van der Waals surface area contributed by atoms with Crippen LogP contribution in [0.4, 0.5) is 0 Å². The fourth-order valence-corrected chi connectivity index (χ4v) is 2.41. The van der Waals surface area contributed by atoms with Gasteiger partial charge in [-0.2, -0.15) is 0 Å². The number of aromatic nitrogens is 3. The number of nitrogens with zero attached hydrogens (tertiary/aromatic N) is 4. The molecule has 0 bridgehead atoms. The first-order chi connectivity index (χ1) is 8.69. The van der Waals surface area contributed by atoms with Crippen molar-refractivity contribution >= 4 is 5.91 Å². The molecule has 1 aromatic heterocycles. The van der Waals surface area contributed by atoms with Gasteiger partial charge in [-0.3, -0.25) is 4.79 Å². The van der Waals surface area contributed by atoms with E-state index in [-0.39, 0.29) is 18.6 Å². The third kappa shape index (κ3) is 2.25. The minimum atomic E-state index is -0.232. The summed E-state index contributed by atoms with van der Waals surface area (Å²) < 4.78 is 1.92. The SMILES string of the molecule is CCCN1Cc2nnc(CCCO)n2[C@H](C)C1=O. The summed E-state index contributed by atoms with van der Waals surface area (Å²) in [5.74, 6) is 1.79. The lowest BCUT2D eigenvalue weighted by atomic mass is 10.2. The van der Waals surface area contributed by atoms with Crippen molar-refractivity contribution in [2.75, 3.05) is 13.2 Å². The van der Waals surface area contributed by atoms with Gasteiger partial charge < -0.3 is 14.6 Å². The Morgan fingerprint density at radius 3 is 2.89 bits per heavy atom. The number of aliphatic hydroxyl groups excluding tert-OH is 1. The Kier molecular flexibility index (Phi) is 3.96. The summed E-state index contributed by atoms with van der Waals surface area (Å²) in [5, 5.41) is 17.2. The predicted molar refractivity (Wildman–Crippen MR) is 65.8 cm³/mol. The highest BCUT2D eigenvalue weighted by Crippen LogP contribution is 2.23. The number of rotatable bonds is 5. The Morgan fingerprint density at radius 1 is 1.44 bits per heavy atom. The van der Waals surface area contributed by atoms with Crippen LogP contribution in [0.3, 0.4) is 0 Å². The number of hydrogen-bond acceptors (Lipinski definition) is 4. The zero-order valence-corrected chi connectivity index (χ0v) is 11.0. The molecular weight excluding hydrogens is 232 g/mol. The van der Waals surface area contributed by atoms with Gasteiger partial charge in [0.05, 0.1) is 6.54 Å². The summed E-state index contributed by atoms with van der Waals surface area (Å²) in [6, 6.07) is -0.232. The minimum Gasteiger partial charge on any atom is -0.396 e. The summed E-state index contributed by atoms with van der Waals surface area (Å²) in [7, 11) is 0. The molecule has 0 radical (unpaired) electrons. The largest absolute Gasteiger partial charge is 0.396 e. The van der Waals surface area contributed by atoms with Gasteiger partial charge in [0.25, 0.3) is 0 Å². The first-order valence-electron chi connectivity index (χ1n) is 6.51. The van der Waals surface area contributed by atoms with Crippen molar-refractivity contribution in [2.24, 2.45) is 0 Å². The van der Waals surface area contributed by atoms with Gasteiger partial charge in [0.2, 0.25) is 5.91 Å². The first-order valence-corrected chi connectivity index (χ1v) is 6.51. The average Bonchev–Trinajstić information content (AvgIpc) is 2.76. The van der Waals surface area contributed by atoms with Crippen LogP contribution in [0.25, 0.3) is 0 Å². The van der Waals surface area contributed by atoms with Crippen LogP contribution in [0.1, 0.15) is 44.4 Å². The molecule has 0 saturated heterocycles. The lowest BCUT2D eigenvalue weighted by molar-refractivity contribution is -0.137. The predicted octanol–water partition coefficient (Wildman–Crippen LogP) is 0.516. The van der Waals surface area contributed by atoms with Crippen molar-refractivity contribution < 1.29 is 9.90 Å². The Labute approximate surface area is 107 Å². The van der Waals surface area contributed by atoms with Crippen LogP contribution >= 0.6 is 0 Å². The van der Waals surface area contributed by atoms with E-state index in [1.165, 1.54) is 0 Å². The molecule has 0 unspecified atom stereocenters. The highest BCUT2D eigenvalue weighted by atomic mass is 16.3. The van der Waals surface area contributed by atoms with E-state index in [0.29, 0.717) is 19.4 Å². The number of carbonyl (C=O) groups is 1. The second kappa shape index (κ2) is 5.48. The first kappa shape index (κ1) is 13.0. The molecule has 6 nitrogen and oxygen atoms in total. The Hall–Kier alpha value is -1.43. The van der Waals surface area contributed by atoms with Gasteiger partial charge >= 0.3 is 0 Å². The molecule has 18 heavy (non-hydrogen) atoms. The summed E-state index contributed by atoms with van der Waals surface area (Å²) in [6.07, 6.45) is 2.26. The number of aliphatic hydroxyl groups is 1. The standard InChI is InChI=1S/C12H20N4O2/c1-3-6-15-8-11-14-13-10(5-4-7-17)16(11)9(2)12(15)18/h9,17H,3-8H2,1-2H3/t9-/m1/s1. The lowest BCUT2D eigenvalue weighted by Gasteiger charge is -2.31. The molecule has 1 amide bonds. The molecule has 1 N–H and O–H groups in total. The topological polar surface area (TPSA) is 71.2 Å². The second-order valence-electron chi connectivity index (χ2n) is 4.67. The summed E-state index contributed by atoms with van der Waals surface area (Å²) >= 11 is 0. The Bertz CT molecular complexity index is 430. The number of amides is 1. The molecule has 0 aliphatic carbocycles. The molecule has 0 fully saturated rings. The second-order valence-corrected chi connectivity index (χ2v) is 4.67. The number of aryl methyl sites for hydroxylation is 1. The van der Waals surface area contributed by atoms with E-state index in [9.17, 15) is 4.79 Å². The molecule has 1 aromatic rings. The van der Waals surface area contributed by atoms with Gasteiger partial charge in [0.15, 0.2) is 5.82 Å². The minimum absolute atomic E-state index is 0.131. The van der Waals surface area contributed by atoms with Crippen molar-refractivity contribution in [2.45, 2.75) is 45.7 Å². The molecule has 2 heterocycles. The quantitative estimate of drug-likeness (QED) is 0.829. The molecule has 2 rings (SSSR count). The fraction of sp³-hybridized carbons (Fsp3) is 0.750. The van der Waals surface area contributed by atoms with Crippen LogP contribution in [-0.4, -0.2) is 43.8 Å². The van der Waals surface area contributed by atoms with E-state index in [1.54, 1.807) is 0 Å². The van der Waals surface area contributed by atoms with Crippen LogP contribution in [0.2, 0.25) is 0 Å². The van der Waals surface area contributed by atoms with Crippen LogP contribution in [0, 0.1) is 0 Å². The van der Waals surface area contributed by atoms with Crippen LogP contribution in [-0.2, 0) is 17.8 Å². The van der Waals surface area contributed by atoms with Crippen molar-refractivity contribution in [1.29, 1.82) is 0 Å². The zero-order chi connectivity index (χ0) is 13.1. The van der Waals surface area contributed by atoms with Crippen molar-refractivity contribution in [3.63, 3.8) is 0 Å². The maximum atomic E-state index is 12.2. The van der Waals surface area contributed by atoms with Gasteiger partial charge in [-0.25, -0.2) is 0 Å². The molecule has 100 valence electrons. The molecule has 1 atom stereocenters. The highest BCUT2D eigenvalue weighted by molar-refractivity contribution is 5.81. The number of fused-ring (bicyclic) bond motifs is 1. The van der Waals surface area contributed by atoms with Gasteiger partial charge in [-0.05, 0) is 19.8 Å². The monoisotopic (exact) mass is 252 g/mol. The van der Waals surface area contributed by atoms with E-state index in [1.807, 2.05) is 16.4 Å². The Balaban J connectivity index is 2.23. The van der Waals surface area contributed by atoms with E-state index >= 15 is 0 Å². The van der Waals surface area contributed by atoms with Crippen LogP contribution in [0.15, 0.2) is 0 Å². The molecule has 6 heteroatoms. The third-order valence-electron chi connectivity index (χ3n) is 3.28. The van der Waals surface area contributed by atoms with Crippen molar-refractivity contribution in [3.05, 3.63) is 11.6 Å². The third-order valence-corrected chi connectivity index (χ3v) is 3.28. The van der Waals surface area contributed by atoms with Gasteiger partial charge in [-0.1, -0.05) is 6.92 Å². The van der Waals surface area contributed by atoms with Gasteiger partial charge in [-0.15, -0.1) is 10.2 Å². The van der Waals surface area contributed by atoms with E-state index in [0.717, 1.165) is 24.6 Å². The molecule has 0 aromatic carbocycles. The number of carbonyl (C=O) groups excluding carboxylic acids is 1. The maximum absolute atomic E-state index is 12.2. The molecule has 1 aliphatic rings. The van der Waals surface area contributed by atoms with Gasteiger partial charge in [0, 0.05) is 19.6 Å². The molecular formula is C12H20N4O2.